The van der Waals surface area contributed by atoms with Gasteiger partial charge in [0.25, 0.3) is 5.56 Å². The van der Waals surface area contributed by atoms with Gasteiger partial charge in [0.15, 0.2) is 0 Å². The number of H-pyrrole nitrogens is 1. The summed E-state index contributed by atoms with van der Waals surface area (Å²) in [6.07, 6.45) is 5.26. The van der Waals surface area contributed by atoms with Crippen LogP contribution in [0.1, 0.15) is 52.0 Å². The number of sulfonamides is 1. The molecule has 40 heavy (non-hydrogen) atoms. The second kappa shape index (κ2) is 11.3. The van der Waals surface area contributed by atoms with Crippen LogP contribution >= 0.6 is 0 Å². The van der Waals surface area contributed by atoms with Gasteiger partial charge in [0.05, 0.1) is 21.6 Å². The SMILES string of the molecule is Cc1c(C)c(C)c(S(=O)(=O)N[C@@H](Cc2nc3ccc(/C=C/CN4CCCC4=N)cc3c(=O)[nH]2)C(=O)O)c(C)c1C. The number of aliphatic carboxylic acids is 1. The zero-order valence-electron chi connectivity index (χ0n) is 23.4. The van der Waals surface area contributed by atoms with E-state index in [4.69, 9.17) is 5.41 Å². The average molecular weight is 566 g/mol. The number of hydrogen-bond donors (Lipinski definition) is 4. The van der Waals surface area contributed by atoms with Gasteiger partial charge >= 0.3 is 5.97 Å². The molecule has 1 saturated heterocycles. The maximum Gasteiger partial charge on any atom is 0.322 e. The van der Waals surface area contributed by atoms with Crippen molar-refractivity contribution in [3.8, 4) is 0 Å². The number of benzene rings is 2. The predicted octanol–water partition coefficient (Wildman–Crippen LogP) is 3.53. The number of carboxylic acids is 1. The van der Waals surface area contributed by atoms with Crippen LogP contribution < -0.4 is 10.3 Å². The Labute approximate surface area is 233 Å². The van der Waals surface area contributed by atoms with Crippen LogP contribution in [0.4, 0.5) is 0 Å². The molecule has 0 bridgehead atoms. The second-order valence-corrected chi connectivity index (χ2v) is 12.0. The van der Waals surface area contributed by atoms with Gasteiger partial charge in [-0.05, 0) is 86.6 Å². The van der Waals surface area contributed by atoms with Crippen molar-refractivity contribution >= 4 is 38.8 Å². The molecule has 3 aromatic rings. The smallest absolute Gasteiger partial charge is 0.322 e. The van der Waals surface area contributed by atoms with E-state index in [1.165, 1.54) is 0 Å². The van der Waals surface area contributed by atoms with Crippen molar-refractivity contribution in [1.29, 1.82) is 5.41 Å². The summed E-state index contributed by atoms with van der Waals surface area (Å²) in [4.78, 5) is 34.1. The minimum Gasteiger partial charge on any atom is -0.480 e. The first-order valence-electron chi connectivity index (χ1n) is 13.1. The molecular weight excluding hydrogens is 530 g/mol. The van der Waals surface area contributed by atoms with Gasteiger partial charge in [-0.2, -0.15) is 4.72 Å². The lowest BCUT2D eigenvalue weighted by molar-refractivity contribution is -0.139. The third kappa shape index (κ3) is 5.85. The molecule has 1 aromatic heterocycles. The van der Waals surface area contributed by atoms with Crippen molar-refractivity contribution in [2.24, 2.45) is 0 Å². The summed E-state index contributed by atoms with van der Waals surface area (Å²) in [5.41, 5.74) is 4.52. The summed E-state index contributed by atoms with van der Waals surface area (Å²) in [5.74, 6) is -0.686. The minimum absolute atomic E-state index is 0.0631. The molecule has 0 amide bonds. The minimum atomic E-state index is -4.20. The lowest BCUT2D eigenvalue weighted by Gasteiger charge is -2.21. The Morgan fingerprint density at radius 3 is 2.40 bits per heavy atom. The van der Waals surface area contributed by atoms with Gasteiger partial charge in [-0.3, -0.25) is 15.0 Å². The number of likely N-dealkylation sites (tertiary alicyclic amines) is 1. The van der Waals surface area contributed by atoms with Crippen molar-refractivity contribution in [2.75, 3.05) is 13.1 Å². The fourth-order valence-electron chi connectivity index (χ4n) is 5.14. The van der Waals surface area contributed by atoms with Gasteiger partial charge < -0.3 is 15.0 Å². The van der Waals surface area contributed by atoms with Gasteiger partial charge in [-0.1, -0.05) is 18.2 Å². The molecule has 1 atom stereocenters. The molecule has 1 aliphatic heterocycles. The summed E-state index contributed by atoms with van der Waals surface area (Å²) in [7, 11) is -4.20. The third-order valence-electron chi connectivity index (χ3n) is 7.83. The average Bonchev–Trinajstić information content (AvgIpc) is 3.30. The number of carboxylic acid groups (broad SMARTS) is 1. The van der Waals surface area contributed by atoms with Crippen molar-refractivity contribution in [1.82, 2.24) is 19.6 Å². The predicted molar refractivity (Wildman–Crippen MR) is 156 cm³/mol. The van der Waals surface area contributed by atoms with Gasteiger partial charge in [0, 0.05) is 25.9 Å². The van der Waals surface area contributed by atoms with E-state index in [1.54, 1.807) is 32.0 Å². The highest BCUT2D eigenvalue weighted by molar-refractivity contribution is 7.89. The summed E-state index contributed by atoms with van der Waals surface area (Å²) in [5, 5.41) is 18.1. The number of hydrogen-bond acceptors (Lipinski definition) is 6. The van der Waals surface area contributed by atoms with Crippen molar-refractivity contribution in [3.63, 3.8) is 0 Å². The molecule has 1 fully saturated rings. The van der Waals surface area contributed by atoms with E-state index in [2.05, 4.69) is 14.7 Å². The molecule has 212 valence electrons. The zero-order valence-corrected chi connectivity index (χ0v) is 24.2. The zero-order chi connectivity index (χ0) is 29.4. The Bertz CT molecular complexity index is 1680. The molecule has 0 unspecified atom stereocenters. The maximum absolute atomic E-state index is 13.4. The van der Waals surface area contributed by atoms with Gasteiger partial charge in [-0.15, -0.1) is 0 Å². The number of fused-ring (bicyclic) bond motifs is 1. The van der Waals surface area contributed by atoms with E-state index >= 15 is 0 Å². The molecule has 1 aliphatic rings. The summed E-state index contributed by atoms with van der Waals surface area (Å²) in [6.45, 7) is 10.5. The topological polar surface area (TPSA) is 156 Å². The highest BCUT2D eigenvalue weighted by Crippen LogP contribution is 2.29. The van der Waals surface area contributed by atoms with E-state index < -0.39 is 27.6 Å². The number of amidine groups is 1. The van der Waals surface area contributed by atoms with Crippen LogP contribution in [0.3, 0.4) is 0 Å². The van der Waals surface area contributed by atoms with E-state index in [0.717, 1.165) is 41.6 Å². The fourth-order valence-corrected chi connectivity index (χ4v) is 6.93. The number of aromatic amines is 1. The first-order valence-corrected chi connectivity index (χ1v) is 14.6. The molecule has 0 spiro atoms. The molecule has 2 aromatic carbocycles. The van der Waals surface area contributed by atoms with Crippen LogP contribution in [0, 0.1) is 40.0 Å². The summed E-state index contributed by atoms with van der Waals surface area (Å²) >= 11 is 0. The first kappa shape index (κ1) is 29.2. The van der Waals surface area contributed by atoms with Crippen LogP contribution in [0.15, 0.2) is 34.0 Å². The summed E-state index contributed by atoms with van der Waals surface area (Å²) < 4.78 is 29.1. The van der Waals surface area contributed by atoms with Crippen molar-refractivity contribution in [3.05, 3.63) is 73.8 Å². The van der Waals surface area contributed by atoms with Crippen LogP contribution in [0.25, 0.3) is 17.0 Å². The van der Waals surface area contributed by atoms with E-state index in [9.17, 15) is 23.1 Å². The first-order chi connectivity index (χ1) is 18.8. The van der Waals surface area contributed by atoms with E-state index in [0.29, 0.717) is 34.4 Å². The summed E-state index contributed by atoms with van der Waals surface area (Å²) in [6, 6.07) is 3.63. The Morgan fingerprint density at radius 1 is 1.15 bits per heavy atom. The molecule has 0 radical (unpaired) electrons. The van der Waals surface area contributed by atoms with Gasteiger partial charge in [-0.25, -0.2) is 13.4 Å². The molecule has 11 heteroatoms. The molecule has 2 heterocycles. The number of nitrogens with one attached hydrogen (secondary N) is 3. The van der Waals surface area contributed by atoms with Crippen LogP contribution in [0.5, 0.6) is 0 Å². The number of rotatable bonds is 9. The van der Waals surface area contributed by atoms with Crippen molar-refractivity contribution in [2.45, 2.75) is 64.8 Å². The lowest BCUT2D eigenvalue weighted by atomic mass is 9.95. The quantitative estimate of drug-likeness (QED) is 0.309. The van der Waals surface area contributed by atoms with Crippen LogP contribution in [-0.4, -0.2) is 59.3 Å². The maximum atomic E-state index is 13.4. The second-order valence-electron chi connectivity index (χ2n) is 10.4. The molecule has 4 rings (SSSR count). The highest BCUT2D eigenvalue weighted by Gasteiger charge is 2.30. The Morgan fingerprint density at radius 2 is 1.80 bits per heavy atom. The van der Waals surface area contributed by atoms with Gasteiger partial charge in [0.1, 0.15) is 11.9 Å². The van der Waals surface area contributed by atoms with Crippen LogP contribution in [-0.2, 0) is 21.2 Å². The third-order valence-corrected chi connectivity index (χ3v) is 9.58. The monoisotopic (exact) mass is 565 g/mol. The van der Waals surface area contributed by atoms with Gasteiger partial charge in [0.2, 0.25) is 10.0 Å². The molecule has 0 saturated carbocycles. The van der Waals surface area contributed by atoms with Crippen molar-refractivity contribution < 1.29 is 18.3 Å². The van der Waals surface area contributed by atoms with E-state index in [1.807, 2.05) is 37.8 Å². The number of aromatic nitrogens is 2. The number of carbonyl (C=O) groups is 1. The Kier molecular flexibility index (Phi) is 8.27. The molecular formula is C29H35N5O5S. The van der Waals surface area contributed by atoms with E-state index in [-0.39, 0.29) is 17.1 Å². The highest BCUT2D eigenvalue weighted by atomic mass is 32.2. The lowest BCUT2D eigenvalue weighted by Crippen LogP contribution is -2.43. The molecule has 0 aliphatic carbocycles. The normalized spacial score (nSPS) is 14.9. The van der Waals surface area contributed by atoms with Crippen LogP contribution in [0.2, 0.25) is 0 Å². The standard InChI is InChI=1S/C29H35N5O5S/c1-16-17(2)19(4)27(20(5)18(16)3)40(38,39)33-24(29(36)37)15-26-31-23-11-10-21(14-22(23)28(35)32-26)8-6-12-34-13-7-9-25(34)30/h6,8,10-11,14,24,30,33H,7,9,12-13,15H2,1-5H3,(H,36,37)(H,31,32,35)/b8-6+,30-25?/t24-/m0/s1. The molecule has 4 N–H and O–H groups in total. The largest absolute Gasteiger partial charge is 0.480 e. The Hall–Kier alpha value is -3.83. The number of nitrogens with zero attached hydrogens (tertiary/aromatic N) is 2. The Balaban J connectivity index is 1.58. The molecule has 10 nitrogen and oxygen atoms in total. The fraction of sp³-hybridized carbons (Fsp3) is 0.379.